The van der Waals surface area contributed by atoms with E-state index in [0.29, 0.717) is 23.6 Å². The van der Waals surface area contributed by atoms with Crippen LogP contribution >= 0.6 is 0 Å². The second-order valence-corrected chi connectivity index (χ2v) is 10.3. The van der Waals surface area contributed by atoms with Crippen molar-refractivity contribution >= 4 is 5.91 Å². The highest BCUT2D eigenvalue weighted by atomic mass is 16.5. The number of fused-ring (bicyclic) bond motifs is 2. The Labute approximate surface area is 202 Å². The molecule has 1 amide bonds. The molecule has 2 aliphatic heterocycles. The van der Waals surface area contributed by atoms with Crippen molar-refractivity contribution in [1.82, 2.24) is 10.2 Å². The Morgan fingerprint density at radius 2 is 1.62 bits per heavy atom. The maximum Gasteiger partial charge on any atom is 0.287 e. The fourth-order valence-electron chi connectivity index (χ4n) is 5.51. The van der Waals surface area contributed by atoms with E-state index in [-0.39, 0.29) is 24.0 Å². The molecule has 2 atom stereocenters. The predicted molar refractivity (Wildman–Crippen MR) is 133 cm³/mol. The zero-order chi connectivity index (χ0) is 23.7. The number of ether oxygens (including phenoxy) is 1. The molecule has 0 spiro atoms. The van der Waals surface area contributed by atoms with E-state index in [4.69, 9.17) is 9.15 Å². The number of hydrogen-bond donors (Lipinski definition) is 1. The highest BCUT2D eigenvalue weighted by molar-refractivity contribution is 5.91. The van der Waals surface area contributed by atoms with Crippen LogP contribution in [0.15, 0.2) is 71.1 Å². The van der Waals surface area contributed by atoms with Crippen LogP contribution < -0.4 is 10.1 Å². The summed E-state index contributed by atoms with van der Waals surface area (Å²) >= 11 is 0. The molecule has 2 aromatic carbocycles. The molecule has 3 heterocycles. The van der Waals surface area contributed by atoms with Crippen LogP contribution in [0.4, 0.5) is 0 Å². The molecular formula is C29H34N2O3. The van der Waals surface area contributed by atoms with Gasteiger partial charge >= 0.3 is 0 Å². The summed E-state index contributed by atoms with van der Waals surface area (Å²) in [4.78, 5) is 15.2. The van der Waals surface area contributed by atoms with Gasteiger partial charge in [-0.15, -0.1) is 0 Å². The van der Waals surface area contributed by atoms with Gasteiger partial charge in [0.25, 0.3) is 5.91 Å². The zero-order valence-corrected chi connectivity index (χ0v) is 20.3. The van der Waals surface area contributed by atoms with Crippen molar-refractivity contribution in [2.24, 2.45) is 0 Å². The topological polar surface area (TPSA) is 54.7 Å². The Morgan fingerprint density at radius 1 is 0.971 bits per heavy atom. The normalized spacial score (nSPS) is 22.5. The Balaban J connectivity index is 1.15. The van der Waals surface area contributed by atoms with Gasteiger partial charge in [-0.1, -0.05) is 56.3 Å². The minimum absolute atomic E-state index is 0.0870. The number of nitrogens with zero attached hydrogens (tertiary/aromatic N) is 1. The molecule has 34 heavy (non-hydrogen) atoms. The van der Waals surface area contributed by atoms with Crippen molar-refractivity contribution in [3.63, 3.8) is 0 Å². The molecule has 2 unspecified atom stereocenters. The lowest BCUT2D eigenvalue weighted by Gasteiger charge is -2.36. The molecule has 0 aliphatic carbocycles. The first kappa shape index (κ1) is 22.7. The third-order valence-corrected chi connectivity index (χ3v) is 7.77. The van der Waals surface area contributed by atoms with Gasteiger partial charge in [0, 0.05) is 23.5 Å². The maximum atomic E-state index is 12.7. The quantitative estimate of drug-likeness (QED) is 0.505. The SMILES string of the molecule is CN1C2CCC1CC(NC(=O)c1ccc(COc3ccc(C(C)(C)c4ccccc4)cc3)o1)C2. The second kappa shape index (κ2) is 9.30. The fraction of sp³-hybridized carbons (Fsp3) is 0.414. The smallest absolute Gasteiger partial charge is 0.287 e. The van der Waals surface area contributed by atoms with Crippen LogP contribution in [-0.2, 0) is 12.0 Å². The van der Waals surface area contributed by atoms with Crippen molar-refractivity contribution in [2.45, 2.75) is 69.7 Å². The Bertz CT molecular complexity index is 1110. The van der Waals surface area contributed by atoms with E-state index in [0.717, 1.165) is 18.6 Å². The van der Waals surface area contributed by atoms with Gasteiger partial charge in [0.15, 0.2) is 5.76 Å². The van der Waals surface area contributed by atoms with E-state index in [2.05, 4.69) is 67.5 Å². The van der Waals surface area contributed by atoms with E-state index >= 15 is 0 Å². The summed E-state index contributed by atoms with van der Waals surface area (Å²) in [6, 6.07) is 23.7. The molecule has 3 aromatic rings. The Hall–Kier alpha value is -3.05. The molecule has 5 rings (SSSR count). The van der Waals surface area contributed by atoms with Crippen molar-refractivity contribution in [1.29, 1.82) is 0 Å². The van der Waals surface area contributed by atoms with Crippen LogP contribution in [-0.4, -0.2) is 36.0 Å². The molecular weight excluding hydrogens is 424 g/mol. The van der Waals surface area contributed by atoms with Crippen molar-refractivity contribution < 1.29 is 13.9 Å². The van der Waals surface area contributed by atoms with Gasteiger partial charge in [0.2, 0.25) is 0 Å². The molecule has 5 heteroatoms. The van der Waals surface area contributed by atoms with Gasteiger partial charge < -0.3 is 19.4 Å². The summed E-state index contributed by atoms with van der Waals surface area (Å²) in [5, 5.41) is 3.18. The predicted octanol–water partition coefficient (Wildman–Crippen LogP) is 5.54. The summed E-state index contributed by atoms with van der Waals surface area (Å²) in [5.74, 6) is 1.64. The number of nitrogens with one attached hydrogen (secondary N) is 1. The Kier molecular flexibility index (Phi) is 6.22. The molecule has 2 aliphatic rings. The van der Waals surface area contributed by atoms with Crippen LogP contribution in [0.3, 0.4) is 0 Å². The Morgan fingerprint density at radius 3 is 2.29 bits per heavy atom. The van der Waals surface area contributed by atoms with Crippen LogP contribution in [0.5, 0.6) is 5.75 Å². The lowest BCUT2D eigenvalue weighted by atomic mass is 9.78. The van der Waals surface area contributed by atoms with Gasteiger partial charge in [-0.2, -0.15) is 0 Å². The molecule has 1 aromatic heterocycles. The standard InChI is InChI=1S/C29H34N2O3/c1-29(2,20-7-5-4-6-8-20)21-9-13-25(14-10-21)33-19-26-15-16-27(34-26)28(32)30-22-17-23-11-12-24(18-22)31(23)3/h4-10,13-16,22-24H,11-12,17-19H2,1-3H3,(H,30,32). The zero-order valence-electron chi connectivity index (χ0n) is 20.3. The molecule has 178 valence electrons. The van der Waals surface area contributed by atoms with E-state index in [1.54, 1.807) is 6.07 Å². The van der Waals surface area contributed by atoms with Crippen molar-refractivity contribution in [3.05, 3.63) is 89.4 Å². The third-order valence-electron chi connectivity index (χ3n) is 7.77. The van der Waals surface area contributed by atoms with Gasteiger partial charge in [0.1, 0.15) is 18.1 Å². The summed E-state index contributed by atoms with van der Waals surface area (Å²) in [5.41, 5.74) is 2.42. The summed E-state index contributed by atoms with van der Waals surface area (Å²) in [6.07, 6.45) is 4.51. The van der Waals surface area contributed by atoms with Gasteiger partial charge in [-0.25, -0.2) is 0 Å². The average Bonchev–Trinajstić information content (AvgIpc) is 3.39. The van der Waals surface area contributed by atoms with E-state index in [1.165, 1.54) is 24.0 Å². The minimum Gasteiger partial charge on any atom is -0.486 e. The summed E-state index contributed by atoms with van der Waals surface area (Å²) in [6.45, 7) is 4.74. The van der Waals surface area contributed by atoms with E-state index in [9.17, 15) is 4.79 Å². The average molecular weight is 459 g/mol. The molecule has 2 saturated heterocycles. The molecule has 2 fully saturated rings. The molecule has 2 bridgehead atoms. The number of hydrogen-bond acceptors (Lipinski definition) is 4. The summed E-state index contributed by atoms with van der Waals surface area (Å²) in [7, 11) is 2.21. The number of furan rings is 1. The van der Waals surface area contributed by atoms with Gasteiger partial charge in [0.05, 0.1) is 0 Å². The monoisotopic (exact) mass is 458 g/mol. The van der Waals surface area contributed by atoms with Crippen molar-refractivity contribution in [3.8, 4) is 5.75 Å². The van der Waals surface area contributed by atoms with Crippen molar-refractivity contribution in [2.75, 3.05) is 7.05 Å². The highest BCUT2D eigenvalue weighted by Gasteiger charge is 2.39. The molecule has 0 saturated carbocycles. The first-order valence-electron chi connectivity index (χ1n) is 12.3. The first-order valence-corrected chi connectivity index (χ1v) is 12.3. The molecule has 5 nitrogen and oxygen atoms in total. The van der Waals surface area contributed by atoms with Crippen LogP contribution in [0.2, 0.25) is 0 Å². The highest BCUT2D eigenvalue weighted by Crippen LogP contribution is 2.34. The number of amides is 1. The lowest BCUT2D eigenvalue weighted by Crippen LogP contribution is -2.48. The number of rotatable bonds is 7. The van der Waals surface area contributed by atoms with Gasteiger partial charge in [-0.3, -0.25) is 4.79 Å². The maximum absolute atomic E-state index is 12.7. The number of piperidine rings is 1. The largest absolute Gasteiger partial charge is 0.486 e. The number of carbonyl (C=O) groups excluding carboxylic acids is 1. The van der Waals surface area contributed by atoms with Crippen LogP contribution in [0, 0.1) is 0 Å². The van der Waals surface area contributed by atoms with E-state index < -0.39 is 0 Å². The second-order valence-electron chi connectivity index (χ2n) is 10.3. The van der Waals surface area contributed by atoms with Crippen LogP contribution in [0.1, 0.15) is 67.0 Å². The molecule has 0 radical (unpaired) electrons. The minimum atomic E-state index is -0.132. The number of benzene rings is 2. The first-order chi connectivity index (χ1) is 16.4. The molecule has 1 N–H and O–H groups in total. The fourth-order valence-corrected chi connectivity index (χ4v) is 5.51. The third kappa shape index (κ3) is 4.62. The van der Waals surface area contributed by atoms with Crippen LogP contribution in [0.25, 0.3) is 0 Å². The lowest BCUT2D eigenvalue weighted by molar-refractivity contribution is 0.0851. The number of carbonyl (C=O) groups is 1. The van der Waals surface area contributed by atoms with E-state index in [1.807, 2.05) is 24.3 Å². The summed E-state index contributed by atoms with van der Waals surface area (Å²) < 4.78 is 11.7. The van der Waals surface area contributed by atoms with Gasteiger partial charge in [-0.05, 0) is 68.1 Å².